The van der Waals surface area contributed by atoms with Gasteiger partial charge >= 0.3 is 0 Å². The topological polar surface area (TPSA) is 129 Å². The van der Waals surface area contributed by atoms with E-state index in [4.69, 9.17) is 0 Å². The molecular weight excluding hydrogens is 536 g/mol. The van der Waals surface area contributed by atoms with Crippen molar-refractivity contribution in [3.8, 4) is 11.1 Å². The fourth-order valence-electron chi connectivity index (χ4n) is 3.65. The normalized spacial score (nSPS) is 10.0. The summed E-state index contributed by atoms with van der Waals surface area (Å²) in [5, 5.41) is 32.1. The number of nitro groups is 3. The Balaban J connectivity index is 0.000000179. The maximum absolute atomic E-state index is 13.6. The van der Waals surface area contributed by atoms with Crippen LogP contribution < -0.4 is 0 Å². The lowest BCUT2D eigenvalue weighted by Crippen LogP contribution is -1.90. The molecule has 9 nitrogen and oxygen atoms in total. The SMILES string of the molecule is Cc1ccc2c(F)c(C)c(F)cc2c1.O=[N+]([O-])c1ccc(-c2ccc([N+](=O)[O-])cc2)cc1.O=[N+]([O-])c1ccccc1. The summed E-state index contributed by atoms with van der Waals surface area (Å²) in [5.74, 6) is -0.944. The Labute approximate surface area is 232 Å². The van der Waals surface area contributed by atoms with Crippen LogP contribution in [0.4, 0.5) is 25.8 Å². The van der Waals surface area contributed by atoms with Crippen molar-refractivity contribution in [2.24, 2.45) is 0 Å². The van der Waals surface area contributed by atoms with Gasteiger partial charge in [-0.25, -0.2) is 8.78 Å². The van der Waals surface area contributed by atoms with Crippen LogP contribution in [-0.2, 0) is 0 Å². The number of halogens is 2. The number of aryl methyl sites for hydroxylation is 1. The number of nitro benzene ring substituents is 3. The molecule has 5 aromatic rings. The van der Waals surface area contributed by atoms with Crippen LogP contribution in [0.15, 0.2) is 103 Å². The number of non-ortho nitro benzene ring substituents is 3. The van der Waals surface area contributed by atoms with Crippen molar-refractivity contribution < 1.29 is 23.6 Å². The molecule has 0 aliphatic carbocycles. The molecule has 0 heterocycles. The van der Waals surface area contributed by atoms with E-state index in [0.717, 1.165) is 16.7 Å². The third kappa shape index (κ3) is 7.96. The summed E-state index contributed by atoms with van der Waals surface area (Å²) >= 11 is 0. The second-order valence-corrected chi connectivity index (χ2v) is 8.72. The van der Waals surface area contributed by atoms with Gasteiger partial charge in [-0.1, -0.05) is 42.0 Å². The summed E-state index contributed by atoms with van der Waals surface area (Å²) in [6, 6.07) is 26.6. The molecule has 0 saturated heterocycles. The van der Waals surface area contributed by atoms with E-state index in [1.165, 1.54) is 49.4 Å². The first-order valence-electron chi connectivity index (χ1n) is 12.0. The van der Waals surface area contributed by atoms with Gasteiger partial charge in [-0.3, -0.25) is 30.3 Å². The van der Waals surface area contributed by atoms with Crippen LogP contribution in [0.5, 0.6) is 0 Å². The Morgan fingerprint density at radius 2 is 1.00 bits per heavy atom. The van der Waals surface area contributed by atoms with Crippen LogP contribution >= 0.6 is 0 Å². The van der Waals surface area contributed by atoms with Crippen molar-refractivity contribution in [2.45, 2.75) is 13.8 Å². The molecule has 41 heavy (non-hydrogen) atoms. The summed E-state index contributed by atoms with van der Waals surface area (Å²) < 4.78 is 26.8. The molecule has 0 aromatic heterocycles. The molecule has 0 aliphatic heterocycles. The van der Waals surface area contributed by atoms with E-state index in [1.54, 1.807) is 54.6 Å². The molecule has 0 radical (unpaired) electrons. The Morgan fingerprint density at radius 3 is 1.41 bits per heavy atom. The zero-order valence-electron chi connectivity index (χ0n) is 21.9. The fraction of sp³-hybridized carbons (Fsp3) is 0.0667. The minimum absolute atomic E-state index is 0.0145. The molecule has 0 saturated carbocycles. The van der Waals surface area contributed by atoms with Gasteiger partial charge in [0.2, 0.25) is 0 Å². The summed E-state index contributed by atoms with van der Waals surface area (Å²) in [6.07, 6.45) is 0. The number of rotatable bonds is 4. The van der Waals surface area contributed by atoms with E-state index in [-0.39, 0.29) is 22.6 Å². The molecule has 0 fully saturated rings. The molecular formula is C30H23F2N3O6. The molecule has 208 valence electrons. The van der Waals surface area contributed by atoms with Gasteiger partial charge < -0.3 is 0 Å². The zero-order valence-corrected chi connectivity index (χ0v) is 21.9. The highest BCUT2D eigenvalue weighted by Gasteiger charge is 2.10. The fourth-order valence-corrected chi connectivity index (χ4v) is 3.65. The predicted molar refractivity (Wildman–Crippen MR) is 152 cm³/mol. The van der Waals surface area contributed by atoms with E-state index >= 15 is 0 Å². The number of hydrogen-bond donors (Lipinski definition) is 0. The lowest BCUT2D eigenvalue weighted by molar-refractivity contribution is -0.385. The van der Waals surface area contributed by atoms with Crippen molar-refractivity contribution in [1.29, 1.82) is 0 Å². The Bertz CT molecular complexity index is 1640. The lowest BCUT2D eigenvalue weighted by Gasteiger charge is -2.04. The molecule has 0 unspecified atom stereocenters. The van der Waals surface area contributed by atoms with Crippen LogP contribution in [-0.4, -0.2) is 14.8 Å². The molecule has 5 aromatic carbocycles. The number of hydrogen-bond acceptors (Lipinski definition) is 6. The third-order valence-corrected chi connectivity index (χ3v) is 5.87. The standard InChI is InChI=1S/C12H10F2.C12H8N2O4.C6H5NO2/c1-7-3-4-10-9(5-7)6-11(13)8(2)12(10)14;15-13(16)11-5-1-9(2-6-11)10-3-7-12(8-4-10)14(17)18;8-7(9)6-4-2-1-3-5-6/h3-6H,1-2H3;1-8H;1-5H. The van der Waals surface area contributed by atoms with E-state index in [0.29, 0.717) is 10.8 Å². The van der Waals surface area contributed by atoms with E-state index in [9.17, 15) is 39.1 Å². The summed E-state index contributed by atoms with van der Waals surface area (Å²) in [5.41, 5.74) is 2.80. The van der Waals surface area contributed by atoms with E-state index in [1.807, 2.05) is 13.0 Å². The molecule has 0 amide bonds. The monoisotopic (exact) mass is 559 g/mol. The summed E-state index contributed by atoms with van der Waals surface area (Å²) in [4.78, 5) is 29.6. The average Bonchev–Trinajstić information content (AvgIpc) is 2.97. The van der Waals surface area contributed by atoms with Gasteiger partial charge in [0.1, 0.15) is 11.6 Å². The molecule has 0 aliphatic rings. The lowest BCUT2D eigenvalue weighted by atomic mass is 10.0. The highest BCUT2D eigenvalue weighted by Crippen LogP contribution is 2.25. The number of nitrogens with zero attached hydrogens (tertiary/aromatic N) is 3. The number of para-hydroxylation sites is 1. The smallest absolute Gasteiger partial charge is 0.258 e. The molecule has 0 atom stereocenters. The van der Waals surface area contributed by atoms with Crippen LogP contribution in [0.1, 0.15) is 11.1 Å². The first-order chi connectivity index (χ1) is 19.5. The Kier molecular flexibility index (Phi) is 9.85. The van der Waals surface area contributed by atoms with Crippen molar-refractivity contribution in [1.82, 2.24) is 0 Å². The maximum Gasteiger partial charge on any atom is 0.269 e. The summed E-state index contributed by atoms with van der Waals surface area (Å²) in [6.45, 7) is 3.35. The molecule has 11 heteroatoms. The van der Waals surface area contributed by atoms with Crippen molar-refractivity contribution in [3.63, 3.8) is 0 Å². The van der Waals surface area contributed by atoms with Gasteiger partial charge in [-0.15, -0.1) is 0 Å². The number of benzene rings is 5. The summed E-state index contributed by atoms with van der Waals surface area (Å²) in [7, 11) is 0. The minimum Gasteiger partial charge on any atom is -0.258 e. The van der Waals surface area contributed by atoms with Crippen molar-refractivity contribution in [2.75, 3.05) is 0 Å². The first-order valence-corrected chi connectivity index (χ1v) is 12.0. The van der Waals surface area contributed by atoms with Gasteiger partial charge in [0.15, 0.2) is 0 Å². The highest BCUT2D eigenvalue weighted by atomic mass is 19.1. The van der Waals surface area contributed by atoms with Gasteiger partial charge in [-0.2, -0.15) is 0 Å². The largest absolute Gasteiger partial charge is 0.269 e. The van der Waals surface area contributed by atoms with Gasteiger partial charge in [0.25, 0.3) is 17.1 Å². The Hall–Kier alpha value is -5.58. The molecule has 5 rings (SSSR count). The molecule has 0 N–H and O–H groups in total. The van der Waals surface area contributed by atoms with E-state index in [2.05, 4.69) is 0 Å². The van der Waals surface area contributed by atoms with Crippen LogP contribution in [0.3, 0.4) is 0 Å². The second-order valence-electron chi connectivity index (χ2n) is 8.72. The van der Waals surface area contributed by atoms with Crippen LogP contribution in [0.25, 0.3) is 21.9 Å². The quantitative estimate of drug-likeness (QED) is 0.160. The molecule has 0 bridgehead atoms. The van der Waals surface area contributed by atoms with Crippen molar-refractivity contribution >= 4 is 27.8 Å². The van der Waals surface area contributed by atoms with E-state index < -0.39 is 26.4 Å². The maximum atomic E-state index is 13.6. The Morgan fingerprint density at radius 1 is 0.561 bits per heavy atom. The van der Waals surface area contributed by atoms with Gasteiger partial charge in [-0.05, 0) is 60.7 Å². The second kappa shape index (κ2) is 13.5. The highest BCUT2D eigenvalue weighted by molar-refractivity contribution is 5.84. The van der Waals surface area contributed by atoms with Crippen LogP contribution in [0.2, 0.25) is 0 Å². The minimum atomic E-state index is -0.486. The molecule has 0 spiro atoms. The average molecular weight is 560 g/mol. The van der Waals surface area contributed by atoms with Crippen molar-refractivity contribution in [3.05, 3.63) is 156 Å². The van der Waals surface area contributed by atoms with Gasteiger partial charge in [0, 0.05) is 47.3 Å². The number of fused-ring (bicyclic) bond motifs is 1. The van der Waals surface area contributed by atoms with Gasteiger partial charge in [0.05, 0.1) is 14.8 Å². The first kappa shape index (κ1) is 30.0. The third-order valence-electron chi connectivity index (χ3n) is 5.87. The zero-order chi connectivity index (χ0) is 30.1. The van der Waals surface area contributed by atoms with Crippen LogP contribution in [0, 0.1) is 55.8 Å². The predicted octanol–water partition coefficient (Wildman–Crippen LogP) is 8.50.